The van der Waals surface area contributed by atoms with E-state index in [4.69, 9.17) is 0 Å². The number of anilines is 1. The van der Waals surface area contributed by atoms with Crippen molar-refractivity contribution in [3.63, 3.8) is 0 Å². The van der Waals surface area contributed by atoms with Gasteiger partial charge in [0.25, 0.3) is 5.69 Å². The summed E-state index contributed by atoms with van der Waals surface area (Å²) >= 11 is 0. The molecule has 8 heteroatoms. The van der Waals surface area contributed by atoms with Crippen LogP contribution in [0.15, 0.2) is 18.2 Å². The van der Waals surface area contributed by atoms with E-state index in [1.807, 2.05) is 0 Å². The first-order chi connectivity index (χ1) is 8.62. The highest BCUT2D eigenvalue weighted by Crippen LogP contribution is 2.30. The van der Waals surface area contributed by atoms with Gasteiger partial charge in [0, 0.05) is 6.07 Å². The molecule has 0 saturated heterocycles. The number of carbonyl (C=O) groups is 1. The third-order valence-corrected chi connectivity index (χ3v) is 2.39. The van der Waals surface area contributed by atoms with Crippen LogP contribution in [0.1, 0.15) is 25.3 Å². The topological polar surface area (TPSA) is 72.2 Å². The predicted molar refractivity (Wildman–Crippen MR) is 61.9 cm³/mol. The van der Waals surface area contributed by atoms with Crippen LogP contribution in [0.2, 0.25) is 0 Å². The number of halogens is 3. The molecule has 0 fully saturated rings. The maximum Gasteiger partial charge on any atom is 0.471 e. The van der Waals surface area contributed by atoms with Gasteiger partial charge in [-0.05, 0) is 17.5 Å². The monoisotopic (exact) mass is 276 g/mol. The molecule has 1 aromatic rings. The normalized spacial score (nSPS) is 11.5. The third-order valence-electron chi connectivity index (χ3n) is 2.39. The van der Waals surface area contributed by atoms with Crippen molar-refractivity contribution in [1.29, 1.82) is 0 Å². The van der Waals surface area contributed by atoms with Gasteiger partial charge in [0.15, 0.2) is 0 Å². The fourth-order valence-corrected chi connectivity index (χ4v) is 1.37. The Morgan fingerprint density at radius 1 is 1.37 bits per heavy atom. The molecule has 0 saturated carbocycles. The van der Waals surface area contributed by atoms with Crippen LogP contribution < -0.4 is 5.32 Å². The average Bonchev–Trinajstić information content (AvgIpc) is 2.27. The van der Waals surface area contributed by atoms with E-state index < -0.39 is 28.4 Å². The Labute approximate surface area is 106 Å². The van der Waals surface area contributed by atoms with Crippen LogP contribution in [0, 0.1) is 10.1 Å². The molecule has 0 radical (unpaired) electrons. The van der Waals surface area contributed by atoms with Crippen molar-refractivity contribution in [2.75, 3.05) is 5.32 Å². The van der Waals surface area contributed by atoms with E-state index >= 15 is 0 Å². The van der Waals surface area contributed by atoms with Crippen LogP contribution in [-0.4, -0.2) is 17.0 Å². The fourth-order valence-electron chi connectivity index (χ4n) is 1.37. The first-order valence-electron chi connectivity index (χ1n) is 5.29. The largest absolute Gasteiger partial charge is 0.471 e. The Morgan fingerprint density at radius 3 is 2.37 bits per heavy atom. The zero-order valence-corrected chi connectivity index (χ0v) is 10.1. The van der Waals surface area contributed by atoms with Crippen molar-refractivity contribution in [3.8, 4) is 0 Å². The van der Waals surface area contributed by atoms with Gasteiger partial charge in [-0.2, -0.15) is 13.2 Å². The summed E-state index contributed by atoms with van der Waals surface area (Å²) in [6.45, 7) is 3.55. The Bertz CT molecular complexity index is 512. The molecule has 1 N–H and O–H groups in total. The molecule has 0 aliphatic heterocycles. The van der Waals surface area contributed by atoms with Gasteiger partial charge in [-0.25, -0.2) is 0 Å². The zero-order valence-electron chi connectivity index (χ0n) is 10.1. The minimum atomic E-state index is -5.10. The smallest absolute Gasteiger partial charge is 0.312 e. The number of alkyl halides is 3. The van der Waals surface area contributed by atoms with Crippen LogP contribution in [0.4, 0.5) is 24.5 Å². The zero-order chi connectivity index (χ0) is 14.8. The van der Waals surface area contributed by atoms with Gasteiger partial charge in [0.2, 0.25) is 0 Å². The van der Waals surface area contributed by atoms with E-state index in [0.29, 0.717) is 5.56 Å². The molecule has 0 bridgehead atoms. The molecule has 1 aromatic carbocycles. The molecule has 1 amide bonds. The van der Waals surface area contributed by atoms with E-state index in [1.54, 1.807) is 13.8 Å². The second-order valence-electron chi connectivity index (χ2n) is 4.14. The lowest BCUT2D eigenvalue weighted by Crippen LogP contribution is -2.30. The van der Waals surface area contributed by atoms with E-state index in [0.717, 1.165) is 6.07 Å². The minimum absolute atomic E-state index is 0.0395. The number of nitrogens with zero attached hydrogens (tertiary/aromatic N) is 1. The molecule has 0 spiro atoms. The van der Waals surface area contributed by atoms with E-state index in [-0.39, 0.29) is 5.92 Å². The minimum Gasteiger partial charge on any atom is -0.312 e. The van der Waals surface area contributed by atoms with E-state index in [9.17, 15) is 28.1 Å². The molecular weight excluding hydrogens is 265 g/mol. The molecule has 0 atom stereocenters. The van der Waals surface area contributed by atoms with Crippen molar-refractivity contribution in [2.45, 2.75) is 25.9 Å². The maximum absolute atomic E-state index is 12.1. The SMILES string of the molecule is CC(C)c1ccc([N+](=O)[O-])c(NC(=O)C(F)(F)F)c1. The van der Waals surface area contributed by atoms with Gasteiger partial charge in [-0.15, -0.1) is 0 Å². The Balaban J connectivity index is 3.19. The lowest BCUT2D eigenvalue weighted by Gasteiger charge is -2.11. The molecule has 5 nitrogen and oxygen atoms in total. The number of nitro benzene ring substituents is 1. The van der Waals surface area contributed by atoms with Crippen molar-refractivity contribution < 1.29 is 22.9 Å². The van der Waals surface area contributed by atoms with Crippen molar-refractivity contribution >= 4 is 17.3 Å². The number of rotatable bonds is 3. The highest BCUT2D eigenvalue weighted by Gasteiger charge is 2.39. The summed E-state index contributed by atoms with van der Waals surface area (Å²) in [5.74, 6) is -2.28. The first kappa shape index (κ1) is 14.9. The third kappa shape index (κ3) is 3.67. The molecule has 19 heavy (non-hydrogen) atoms. The summed E-state index contributed by atoms with van der Waals surface area (Å²) in [6.07, 6.45) is -5.10. The van der Waals surface area contributed by atoms with Gasteiger partial charge < -0.3 is 5.32 Å². The highest BCUT2D eigenvalue weighted by molar-refractivity contribution is 5.96. The Morgan fingerprint density at radius 2 is 1.95 bits per heavy atom. The number of hydrogen-bond acceptors (Lipinski definition) is 3. The highest BCUT2D eigenvalue weighted by atomic mass is 19.4. The second-order valence-corrected chi connectivity index (χ2v) is 4.14. The summed E-state index contributed by atoms with van der Waals surface area (Å²) in [6, 6.07) is 3.68. The molecule has 0 unspecified atom stereocenters. The summed E-state index contributed by atoms with van der Waals surface area (Å²) in [5.41, 5.74) is -0.455. The molecule has 0 aliphatic rings. The number of amides is 1. The van der Waals surface area contributed by atoms with Crippen molar-refractivity contribution in [3.05, 3.63) is 33.9 Å². The second kappa shape index (κ2) is 5.25. The summed E-state index contributed by atoms with van der Waals surface area (Å²) in [7, 11) is 0. The maximum atomic E-state index is 12.1. The van der Waals surface area contributed by atoms with Crippen molar-refractivity contribution in [2.24, 2.45) is 0 Å². The van der Waals surface area contributed by atoms with E-state index in [1.165, 1.54) is 17.4 Å². The molecule has 0 aromatic heterocycles. The summed E-state index contributed by atoms with van der Waals surface area (Å²) in [5, 5.41) is 12.2. The number of nitro groups is 1. The summed E-state index contributed by atoms with van der Waals surface area (Å²) < 4.78 is 36.4. The Kier molecular flexibility index (Phi) is 4.13. The standard InChI is InChI=1S/C11H11F3N2O3/c1-6(2)7-3-4-9(16(18)19)8(5-7)15-10(17)11(12,13)14/h3-6H,1-2H3,(H,15,17). The molecule has 0 heterocycles. The number of nitrogens with one attached hydrogen (secondary N) is 1. The quantitative estimate of drug-likeness (QED) is 0.680. The van der Waals surface area contributed by atoms with Gasteiger partial charge in [-0.3, -0.25) is 14.9 Å². The lowest BCUT2D eigenvalue weighted by molar-refractivity contribution is -0.384. The van der Waals surface area contributed by atoms with Crippen molar-refractivity contribution in [1.82, 2.24) is 0 Å². The lowest BCUT2D eigenvalue weighted by atomic mass is 10.0. The molecule has 104 valence electrons. The van der Waals surface area contributed by atoms with Gasteiger partial charge >= 0.3 is 12.1 Å². The predicted octanol–water partition coefficient (Wildman–Crippen LogP) is 3.22. The van der Waals surface area contributed by atoms with Gasteiger partial charge in [-0.1, -0.05) is 19.9 Å². The number of hydrogen-bond donors (Lipinski definition) is 1. The average molecular weight is 276 g/mol. The Hall–Kier alpha value is -2.12. The van der Waals surface area contributed by atoms with Crippen LogP contribution in [-0.2, 0) is 4.79 Å². The number of benzene rings is 1. The molecule has 0 aliphatic carbocycles. The van der Waals surface area contributed by atoms with Gasteiger partial charge in [0.1, 0.15) is 5.69 Å². The first-order valence-corrected chi connectivity index (χ1v) is 5.29. The van der Waals surface area contributed by atoms with Crippen LogP contribution in [0.25, 0.3) is 0 Å². The summed E-state index contributed by atoms with van der Waals surface area (Å²) in [4.78, 5) is 20.7. The number of carbonyl (C=O) groups excluding carboxylic acids is 1. The van der Waals surface area contributed by atoms with Crippen LogP contribution in [0.3, 0.4) is 0 Å². The van der Waals surface area contributed by atoms with Crippen LogP contribution in [0.5, 0.6) is 0 Å². The molecule has 1 rings (SSSR count). The van der Waals surface area contributed by atoms with E-state index in [2.05, 4.69) is 0 Å². The molecular formula is C11H11F3N2O3. The van der Waals surface area contributed by atoms with Crippen LogP contribution >= 0.6 is 0 Å². The fraction of sp³-hybridized carbons (Fsp3) is 0.364. The van der Waals surface area contributed by atoms with Gasteiger partial charge in [0.05, 0.1) is 4.92 Å².